The Hall–Kier alpha value is -0.760. The zero-order valence-corrected chi connectivity index (χ0v) is 12.5. The van der Waals surface area contributed by atoms with E-state index in [-0.39, 0.29) is 18.9 Å². The average Bonchev–Trinajstić information content (AvgIpc) is 2.68. The van der Waals surface area contributed by atoms with Crippen LogP contribution in [0.3, 0.4) is 0 Å². The van der Waals surface area contributed by atoms with Crippen molar-refractivity contribution in [2.75, 3.05) is 5.75 Å². The summed E-state index contributed by atoms with van der Waals surface area (Å²) in [6, 6.07) is -0.333. The van der Waals surface area contributed by atoms with Gasteiger partial charge in [0.15, 0.2) is 0 Å². The van der Waals surface area contributed by atoms with Gasteiger partial charge in [0.25, 0.3) is 5.92 Å². The monoisotopic (exact) mass is 325 g/mol. The molecular weight excluding hydrogens is 304 g/mol. The van der Waals surface area contributed by atoms with E-state index in [1.54, 1.807) is 0 Å². The van der Waals surface area contributed by atoms with Gasteiger partial charge in [-0.3, -0.25) is 4.79 Å². The van der Waals surface area contributed by atoms with Gasteiger partial charge in [-0.15, -0.1) is 0 Å². The molecule has 0 aromatic rings. The summed E-state index contributed by atoms with van der Waals surface area (Å²) in [5, 5.41) is 8.88. The highest BCUT2D eigenvalue weighted by atomic mass is 32.2. The summed E-state index contributed by atoms with van der Waals surface area (Å²) < 4.78 is 53.5. The van der Waals surface area contributed by atoms with Crippen molar-refractivity contribution >= 4 is 16.0 Å². The van der Waals surface area contributed by atoms with Crippen molar-refractivity contribution in [3.63, 3.8) is 0 Å². The van der Waals surface area contributed by atoms with Crippen molar-refractivity contribution in [1.29, 1.82) is 0 Å². The van der Waals surface area contributed by atoms with Gasteiger partial charge in [-0.25, -0.2) is 21.9 Å². The van der Waals surface area contributed by atoms with Crippen LogP contribution < -0.4 is 4.72 Å². The largest absolute Gasteiger partial charge is 0.481 e. The SMILES string of the molecule is O=C(O)C1CCC(NS(=O)(=O)CC2CCCC2(F)F)CC1. The Morgan fingerprint density at radius 1 is 1.19 bits per heavy atom. The first-order valence-corrected chi connectivity index (χ1v) is 8.95. The number of hydrogen-bond acceptors (Lipinski definition) is 3. The van der Waals surface area contributed by atoms with Crippen LogP contribution in [-0.4, -0.2) is 37.2 Å². The maximum Gasteiger partial charge on any atom is 0.306 e. The van der Waals surface area contributed by atoms with E-state index in [2.05, 4.69) is 4.72 Å². The zero-order valence-electron chi connectivity index (χ0n) is 11.7. The highest BCUT2D eigenvalue weighted by Gasteiger charge is 2.46. The quantitative estimate of drug-likeness (QED) is 0.809. The van der Waals surface area contributed by atoms with E-state index in [1.807, 2.05) is 0 Å². The molecule has 2 saturated carbocycles. The Morgan fingerprint density at radius 2 is 1.81 bits per heavy atom. The molecule has 0 radical (unpaired) electrons. The molecular formula is C13H21F2NO4S. The Kier molecular flexibility index (Phi) is 4.87. The Morgan fingerprint density at radius 3 is 2.29 bits per heavy atom. The van der Waals surface area contributed by atoms with Gasteiger partial charge in [-0.2, -0.15) is 0 Å². The molecule has 1 unspecified atom stereocenters. The summed E-state index contributed by atoms with van der Waals surface area (Å²) in [4.78, 5) is 10.8. The summed E-state index contributed by atoms with van der Waals surface area (Å²) in [5.41, 5.74) is 0. The smallest absolute Gasteiger partial charge is 0.306 e. The van der Waals surface area contributed by atoms with Crippen LogP contribution in [0.4, 0.5) is 8.78 Å². The fourth-order valence-electron chi connectivity index (χ4n) is 3.23. The highest BCUT2D eigenvalue weighted by molar-refractivity contribution is 7.89. The standard InChI is InChI=1S/C13H21F2NO4S/c14-13(15)7-1-2-10(13)8-21(19,20)16-11-5-3-9(4-6-11)12(17)18/h9-11,16H,1-8H2,(H,17,18). The van der Waals surface area contributed by atoms with E-state index in [9.17, 15) is 22.0 Å². The molecule has 0 aromatic carbocycles. The second kappa shape index (κ2) is 6.16. The van der Waals surface area contributed by atoms with E-state index < -0.39 is 39.5 Å². The third-order valence-electron chi connectivity index (χ3n) is 4.50. The number of rotatable bonds is 5. The van der Waals surface area contributed by atoms with Crippen LogP contribution in [0.1, 0.15) is 44.9 Å². The number of carbonyl (C=O) groups is 1. The van der Waals surface area contributed by atoms with Crippen LogP contribution in [0.25, 0.3) is 0 Å². The fourth-order valence-corrected chi connectivity index (χ4v) is 5.01. The number of hydrogen-bond donors (Lipinski definition) is 2. The molecule has 2 aliphatic carbocycles. The topological polar surface area (TPSA) is 83.5 Å². The van der Waals surface area contributed by atoms with Crippen molar-refractivity contribution in [3.8, 4) is 0 Å². The van der Waals surface area contributed by atoms with Crippen molar-refractivity contribution < 1.29 is 27.1 Å². The van der Waals surface area contributed by atoms with Crippen molar-refractivity contribution in [1.82, 2.24) is 4.72 Å². The van der Waals surface area contributed by atoms with Gasteiger partial charge in [-0.1, -0.05) is 0 Å². The molecule has 2 N–H and O–H groups in total. The number of sulfonamides is 1. The van der Waals surface area contributed by atoms with Gasteiger partial charge in [-0.05, 0) is 38.5 Å². The van der Waals surface area contributed by atoms with Crippen LogP contribution >= 0.6 is 0 Å². The molecule has 1 atom stereocenters. The lowest BCUT2D eigenvalue weighted by molar-refractivity contribution is -0.142. The van der Waals surface area contributed by atoms with Gasteiger partial charge in [0, 0.05) is 18.4 Å². The number of nitrogens with one attached hydrogen (secondary N) is 1. The van der Waals surface area contributed by atoms with E-state index in [4.69, 9.17) is 5.11 Å². The average molecular weight is 325 g/mol. The first kappa shape index (κ1) is 16.6. The molecule has 2 rings (SSSR count). The van der Waals surface area contributed by atoms with Gasteiger partial charge in [0.05, 0.1) is 11.7 Å². The molecule has 0 aromatic heterocycles. The van der Waals surface area contributed by atoms with E-state index in [1.165, 1.54) is 0 Å². The molecule has 122 valence electrons. The Balaban J connectivity index is 1.86. The second-order valence-corrected chi connectivity index (χ2v) is 7.93. The number of halogens is 2. The van der Waals surface area contributed by atoms with Crippen LogP contribution in [-0.2, 0) is 14.8 Å². The van der Waals surface area contributed by atoms with E-state index in [0.717, 1.165) is 0 Å². The lowest BCUT2D eigenvalue weighted by atomic mass is 9.87. The van der Waals surface area contributed by atoms with Crippen molar-refractivity contribution in [3.05, 3.63) is 0 Å². The zero-order chi connectivity index (χ0) is 15.7. The summed E-state index contributed by atoms with van der Waals surface area (Å²) >= 11 is 0. The summed E-state index contributed by atoms with van der Waals surface area (Å²) in [6.07, 6.45) is 2.08. The van der Waals surface area contributed by atoms with Crippen LogP contribution in [0, 0.1) is 11.8 Å². The molecule has 0 heterocycles. The minimum absolute atomic E-state index is 0.236. The molecule has 0 aliphatic heterocycles. The van der Waals surface area contributed by atoms with Crippen LogP contribution in [0.15, 0.2) is 0 Å². The van der Waals surface area contributed by atoms with E-state index in [0.29, 0.717) is 32.1 Å². The lowest BCUT2D eigenvalue weighted by Gasteiger charge is -2.27. The van der Waals surface area contributed by atoms with Gasteiger partial charge in [0.2, 0.25) is 10.0 Å². The minimum Gasteiger partial charge on any atom is -0.481 e. The van der Waals surface area contributed by atoms with Crippen molar-refractivity contribution in [2.45, 2.75) is 56.9 Å². The molecule has 0 amide bonds. The Bertz CT molecular complexity index is 486. The molecule has 5 nitrogen and oxygen atoms in total. The summed E-state index contributed by atoms with van der Waals surface area (Å²) in [6.45, 7) is 0. The lowest BCUT2D eigenvalue weighted by Crippen LogP contribution is -2.42. The molecule has 2 aliphatic rings. The molecule has 0 spiro atoms. The molecule has 21 heavy (non-hydrogen) atoms. The van der Waals surface area contributed by atoms with Crippen LogP contribution in [0.2, 0.25) is 0 Å². The molecule has 0 saturated heterocycles. The van der Waals surface area contributed by atoms with Gasteiger partial charge >= 0.3 is 5.97 Å². The highest BCUT2D eigenvalue weighted by Crippen LogP contribution is 2.41. The van der Waals surface area contributed by atoms with Gasteiger partial charge < -0.3 is 5.11 Å². The maximum atomic E-state index is 13.5. The number of aliphatic carboxylic acids is 1. The van der Waals surface area contributed by atoms with Gasteiger partial charge in [0.1, 0.15) is 0 Å². The fraction of sp³-hybridized carbons (Fsp3) is 0.923. The minimum atomic E-state index is -3.75. The maximum absolute atomic E-state index is 13.5. The molecule has 0 bridgehead atoms. The third-order valence-corrected chi connectivity index (χ3v) is 6.04. The summed E-state index contributed by atoms with van der Waals surface area (Å²) in [7, 11) is -3.75. The predicted molar refractivity (Wildman–Crippen MR) is 72.6 cm³/mol. The van der Waals surface area contributed by atoms with E-state index >= 15 is 0 Å². The first-order valence-electron chi connectivity index (χ1n) is 7.30. The third kappa shape index (κ3) is 4.35. The predicted octanol–water partition coefficient (Wildman–Crippen LogP) is 1.98. The molecule has 8 heteroatoms. The Labute approximate surface area is 123 Å². The summed E-state index contributed by atoms with van der Waals surface area (Å²) in [5.74, 6) is -5.83. The number of carboxylic acid groups (broad SMARTS) is 1. The molecule has 2 fully saturated rings. The second-order valence-electron chi connectivity index (χ2n) is 6.14. The number of carboxylic acids is 1. The first-order chi connectivity index (χ1) is 9.70. The van der Waals surface area contributed by atoms with Crippen molar-refractivity contribution in [2.24, 2.45) is 11.8 Å². The van der Waals surface area contributed by atoms with Crippen LogP contribution in [0.5, 0.6) is 0 Å². The number of alkyl halides is 2. The normalized spacial score (nSPS) is 33.0.